The predicted molar refractivity (Wildman–Crippen MR) is 135 cm³/mol. The number of hydrogen-bond acceptors (Lipinski definition) is 4. The number of fused-ring (bicyclic) bond motifs is 1. The van der Waals surface area contributed by atoms with Crippen LogP contribution in [0.3, 0.4) is 0 Å². The molecular formula is C28H21F3N5O+. The van der Waals surface area contributed by atoms with Crippen LogP contribution in [0.25, 0.3) is 22.2 Å². The fourth-order valence-corrected chi connectivity index (χ4v) is 3.86. The van der Waals surface area contributed by atoms with Gasteiger partial charge in [-0.25, -0.2) is 10.3 Å². The molecule has 2 aromatic heterocycles. The molecule has 5 aromatic rings. The van der Waals surface area contributed by atoms with Gasteiger partial charge in [0.15, 0.2) is 5.52 Å². The van der Waals surface area contributed by atoms with Gasteiger partial charge >= 0.3 is 12.1 Å². The summed E-state index contributed by atoms with van der Waals surface area (Å²) in [7, 11) is 0. The number of rotatable bonds is 5. The van der Waals surface area contributed by atoms with Crippen molar-refractivity contribution in [3.05, 3.63) is 108 Å². The Morgan fingerprint density at radius 3 is 2.51 bits per heavy atom. The molecule has 3 N–H and O–H groups in total. The number of aryl methyl sites for hydroxylation is 1. The Morgan fingerprint density at radius 1 is 0.919 bits per heavy atom. The van der Waals surface area contributed by atoms with Gasteiger partial charge in [0, 0.05) is 16.8 Å². The zero-order valence-electron chi connectivity index (χ0n) is 19.6. The van der Waals surface area contributed by atoms with Gasteiger partial charge in [0.1, 0.15) is 0 Å². The second kappa shape index (κ2) is 9.69. The van der Waals surface area contributed by atoms with Crippen LogP contribution in [-0.4, -0.2) is 15.9 Å². The van der Waals surface area contributed by atoms with Gasteiger partial charge in [0.05, 0.1) is 34.7 Å². The summed E-state index contributed by atoms with van der Waals surface area (Å²) in [5.74, 6) is -0.0617. The fourth-order valence-electron chi connectivity index (χ4n) is 3.86. The van der Waals surface area contributed by atoms with Gasteiger partial charge in [-0.05, 0) is 61.0 Å². The van der Waals surface area contributed by atoms with Crippen LogP contribution in [0.5, 0.6) is 0 Å². The zero-order chi connectivity index (χ0) is 26.0. The van der Waals surface area contributed by atoms with Crippen molar-refractivity contribution in [2.24, 2.45) is 0 Å². The van der Waals surface area contributed by atoms with Crippen molar-refractivity contribution < 1.29 is 22.9 Å². The Kier molecular flexibility index (Phi) is 6.27. The van der Waals surface area contributed by atoms with E-state index in [0.717, 1.165) is 34.3 Å². The van der Waals surface area contributed by atoms with E-state index in [0.29, 0.717) is 22.8 Å². The molecule has 0 aliphatic carbocycles. The van der Waals surface area contributed by atoms with Crippen LogP contribution in [0.4, 0.5) is 30.5 Å². The minimum Gasteiger partial charge on any atom is -0.322 e. The first-order chi connectivity index (χ1) is 17.8. The van der Waals surface area contributed by atoms with Gasteiger partial charge in [0.2, 0.25) is 0 Å². The highest BCUT2D eigenvalue weighted by atomic mass is 19.4. The quantitative estimate of drug-likeness (QED) is 0.291. The van der Waals surface area contributed by atoms with E-state index in [4.69, 9.17) is 0 Å². The Bertz CT molecular complexity index is 1600. The molecule has 184 valence electrons. The maximum atomic E-state index is 13.0. The second-order valence-electron chi connectivity index (χ2n) is 8.43. The number of para-hydroxylation sites is 1. The molecular weight excluding hydrogens is 479 g/mol. The van der Waals surface area contributed by atoms with Crippen LogP contribution in [0, 0.1) is 6.92 Å². The number of amides is 1. The van der Waals surface area contributed by atoms with Crippen LogP contribution in [0.15, 0.2) is 91.3 Å². The smallest absolute Gasteiger partial charge is 0.322 e. The number of carbonyl (C=O) groups excluding carboxylic acids is 1. The summed E-state index contributed by atoms with van der Waals surface area (Å²) in [6, 6.07) is 21.1. The lowest BCUT2D eigenvalue weighted by Gasteiger charge is -2.12. The van der Waals surface area contributed by atoms with Crippen molar-refractivity contribution in [3.8, 4) is 11.3 Å². The maximum Gasteiger partial charge on any atom is 0.416 e. The Hall–Kier alpha value is -4.79. The molecule has 0 aliphatic rings. The van der Waals surface area contributed by atoms with Gasteiger partial charge in [-0.1, -0.05) is 35.3 Å². The number of alkyl halides is 3. The zero-order valence-corrected chi connectivity index (χ0v) is 19.6. The average Bonchev–Trinajstić information content (AvgIpc) is 2.89. The molecule has 0 atom stereocenters. The minimum absolute atomic E-state index is 0.0812. The molecule has 0 fully saturated rings. The number of hydrogen-bond donors (Lipinski definition) is 2. The second-order valence-corrected chi connectivity index (χ2v) is 8.43. The highest BCUT2D eigenvalue weighted by Gasteiger charge is 2.30. The van der Waals surface area contributed by atoms with E-state index < -0.39 is 17.6 Å². The van der Waals surface area contributed by atoms with Crippen LogP contribution in [-0.2, 0) is 6.18 Å². The summed E-state index contributed by atoms with van der Waals surface area (Å²) in [5, 5.41) is 6.72. The number of pyridine rings is 1. The van der Waals surface area contributed by atoms with Gasteiger partial charge in [-0.2, -0.15) is 13.2 Å². The van der Waals surface area contributed by atoms with E-state index >= 15 is 0 Å². The molecule has 0 aliphatic heterocycles. The van der Waals surface area contributed by atoms with Gasteiger partial charge in [0.25, 0.3) is 5.91 Å². The molecule has 37 heavy (non-hydrogen) atoms. The Balaban J connectivity index is 1.39. The molecule has 0 saturated heterocycles. The molecule has 0 spiro atoms. The largest absolute Gasteiger partial charge is 0.416 e. The van der Waals surface area contributed by atoms with Crippen molar-refractivity contribution in [1.29, 1.82) is 0 Å². The van der Waals surface area contributed by atoms with Crippen molar-refractivity contribution in [3.63, 3.8) is 0 Å². The molecule has 0 unspecified atom stereocenters. The number of nitrogens with one attached hydrogen (secondary N) is 3. The third kappa shape index (κ3) is 5.40. The van der Waals surface area contributed by atoms with Crippen molar-refractivity contribution in [1.82, 2.24) is 9.97 Å². The summed E-state index contributed by atoms with van der Waals surface area (Å²) in [4.78, 5) is 24.9. The lowest BCUT2D eigenvalue weighted by Crippen LogP contribution is -2.14. The number of aromatic amines is 1. The van der Waals surface area contributed by atoms with Crippen molar-refractivity contribution >= 4 is 34.1 Å². The number of halogens is 3. The fraction of sp³-hybridized carbons (Fsp3) is 0.0714. The number of carbonyl (C=O) groups is 1. The van der Waals surface area contributed by atoms with E-state index in [9.17, 15) is 18.0 Å². The Morgan fingerprint density at radius 2 is 1.73 bits per heavy atom. The summed E-state index contributed by atoms with van der Waals surface area (Å²) in [5.41, 5.74) is 3.43. The topological polar surface area (TPSA) is 81.0 Å². The molecule has 5 rings (SSSR count). The first-order valence-electron chi connectivity index (χ1n) is 11.4. The third-order valence-electron chi connectivity index (χ3n) is 5.77. The standard InChI is InChI=1S/C28H20F3N5O/c1-17-10-11-22(34-26(37)18-6-5-7-20(12-18)28(29,30)31)14-23(17)24-13-19-15-33-27(36-25(19)16-32-24)35-21-8-3-2-4-9-21/h2-16H,1H3,(H,34,37)(H,33,35,36)/p+1. The highest BCUT2D eigenvalue weighted by molar-refractivity contribution is 6.04. The first-order valence-corrected chi connectivity index (χ1v) is 11.4. The molecule has 2 heterocycles. The normalized spacial score (nSPS) is 11.4. The van der Waals surface area contributed by atoms with E-state index in [1.807, 2.05) is 55.6 Å². The number of aromatic nitrogens is 3. The van der Waals surface area contributed by atoms with Crippen molar-refractivity contribution in [2.75, 3.05) is 10.6 Å². The maximum absolute atomic E-state index is 13.0. The number of anilines is 3. The van der Waals surface area contributed by atoms with Gasteiger partial charge in [-0.3, -0.25) is 9.78 Å². The number of benzene rings is 3. The predicted octanol–water partition coefficient (Wildman–Crippen LogP) is 6.43. The third-order valence-corrected chi connectivity index (χ3v) is 5.77. The molecule has 0 radical (unpaired) electrons. The van der Waals surface area contributed by atoms with Crippen LogP contribution in [0.2, 0.25) is 0 Å². The van der Waals surface area contributed by atoms with Crippen molar-refractivity contribution in [2.45, 2.75) is 13.1 Å². The summed E-state index contributed by atoms with van der Waals surface area (Å²) in [6.07, 6.45) is -1.03. The van der Waals surface area contributed by atoms with E-state index in [1.165, 1.54) is 12.1 Å². The first kappa shape index (κ1) is 23.9. The van der Waals surface area contributed by atoms with E-state index in [2.05, 4.69) is 25.6 Å². The average molecular weight is 501 g/mol. The van der Waals surface area contributed by atoms with Gasteiger partial charge in [-0.15, -0.1) is 0 Å². The molecule has 0 bridgehead atoms. The SMILES string of the molecule is Cc1ccc(NC(=O)c2cccc(C(F)(F)F)c2)cc1-c1cc2c[nH+]c(Nc3ccccc3)nc2cn1. The lowest BCUT2D eigenvalue weighted by molar-refractivity contribution is -0.362. The van der Waals surface area contributed by atoms with E-state index in [1.54, 1.807) is 18.3 Å². The summed E-state index contributed by atoms with van der Waals surface area (Å²) < 4.78 is 39.1. The lowest BCUT2D eigenvalue weighted by atomic mass is 10.0. The van der Waals surface area contributed by atoms with E-state index in [-0.39, 0.29) is 5.56 Å². The van der Waals surface area contributed by atoms with Crippen LogP contribution in [0.1, 0.15) is 21.5 Å². The molecule has 1 amide bonds. The van der Waals surface area contributed by atoms with Crippen LogP contribution >= 0.6 is 0 Å². The monoisotopic (exact) mass is 500 g/mol. The summed E-state index contributed by atoms with van der Waals surface area (Å²) >= 11 is 0. The van der Waals surface area contributed by atoms with Gasteiger partial charge < -0.3 is 5.32 Å². The molecule has 3 aromatic carbocycles. The number of H-pyrrole nitrogens is 1. The Labute approximate surface area is 210 Å². The van der Waals surface area contributed by atoms with Crippen LogP contribution < -0.4 is 15.6 Å². The number of nitrogens with zero attached hydrogens (tertiary/aromatic N) is 2. The molecule has 6 nitrogen and oxygen atoms in total. The molecule has 9 heteroatoms. The minimum atomic E-state index is -4.53. The molecule has 0 saturated carbocycles. The summed E-state index contributed by atoms with van der Waals surface area (Å²) in [6.45, 7) is 1.91. The highest BCUT2D eigenvalue weighted by Crippen LogP contribution is 2.30.